The lowest BCUT2D eigenvalue weighted by Crippen LogP contribution is -2.33. The van der Waals surface area contributed by atoms with E-state index >= 15 is 0 Å². The van der Waals surface area contributed by atoms with Gasteiger partial charge in [-0.3, -0.25) is 23.7 Å². The van der Waals surface area contributed by atoms with E-state index in [4.69, 9.17) is 10.5 Å². The zero-order valence-corrected chi connectivity index (χ0v) is 23.7. The molecule has 8 atom stereocenters. The summed E-state index contributed by atoms with van der Waals surface area (Å²) in [5, 5.41) is 32.0. The summed E-state index contributed by atoms with van der Waals surface area (Å²) in [5.74, 6) is 0.0225. The first-order valence-corrected chi connectivity index (χ1v) is 15.9. The predicted molar refractivity (Wildman–Crippen MR) is 136 cm³/mol. The van der Waals surface area contributed by atoms with Crippen molar-refractivity contribution in [3.8, 4) is 0 Å². The lowest BCUT2D eigenvalue weighted by atomic mass is 10.1. The first-order valence-electron chi connectivity index (χ1n) is 11.4. The number of fused-ring (bicyclic) bond motifs is 1. The Labute approximate surface area is 234 Å². The number of hydrogen-bond acceptors (Lipinski definition) is 16. The minimum absolute atomic E-state index is 0.0225. The van der Waals surface area contributed by atoms with Gasteiger partial charge in [-0.2, -0.15) is 8.62 Å². The SMILES string of the molecule is C[13C@@H](OP(=O)(O)OP(=O)(O)OP(=O)(O)OC[C@H]1O[C@@H](n2cnc3c(N)ncnc32)[C@H](O)[C@@H]1O)c1ccccc1[N+](=O)[O-]. The third-order valence-electron chi connectivity index (χ3n) is 5.68. The molecule has 0 spiro atoms. The number of nitro groups is 1. The van der Waals surface area contributed by atoms with Gasteiger partial charge < -0.3 is 35.4 Å². The van der Waals surface area contributed by atoms with Crippen LogP contribution >= 0.6 is 23.5 Å². The van der Waals surface area contributed by atoms with Gasteiger partial charge in [0.1, 0.15) is 30.2 Å². The first-order chi connectivity index (χ1) is 19.5. The topological polar surface area (TPSA) is 311 Å². The lowest BCUT2D eigenvalue weighted by molar-refractivity contribution is -0.386. The highest BCUT2D eigenvalue weighted by Gasteiger charge is 2.47. The molecule has 3 unspecified atom stereocenters. The van der Waals surface area contributed by atoms with Gasteiger partial charge in [-0.25, -0.2) is 28.6 Å². The number of nitro benzene ring substituents is 1. The van der Waals surface area contributed by atoms with Gasteiger partial charge in [0.15, 0.2) is 17.7 Å². The fourth-order valence-corrected chi connectivity index (χ4v) is 7.56. The van der Waals surface area contributed by atoms with Crippen LogP contribution in [0.25, 0.3) is 11.2 Å². The van der Waals surface area contributed by atoms with E-state index in [-0.39, 0.29) is 22.5 Å². The molecule has 1 saturated heterocycles. The lowest BCUT2D eigenvalue weighted by Gasteiger charge is -2.21. The van der Waals surface area contributed by atoms with Crippen LogP contribution in [0, 0.1) is 10.1 Å². The highest BCUT2D eigenvalue weighted by atomic mass is 31.3. The summed E-state index contributed by atoms with van der Waals surface area (Å²) < 4.78 is 60.8. The summed E-state index contributed by atoms with van der Waals surface area (Å²) >= 11 is 0. The third-order valence-corrected chi connectivity index (χ3v) is 10.0. The molecule has 2 aromatic heterocycles. The molecular formula is C18H23N6O15P3. The number of aromatic nitrogens is 4. The van der Waals surface area contributed by atoms with Crippen LogP contribution in [-0.4, -0.2) is 74.3 Å². The van der Waals surface area contributed by atoms with E-state index in [1.807, 2.05) is 0 Å². The van der Waals surface area contributed by atoms with Crippen LogP contribution < -0.4 is 5.73 Å². The van der Waals surface area contributed by atoms with Gasteiger partial charge in [-0.1, -0.05) is 12.1 Å². The monoisotopic (exact) mass is 657 g/mol. The number of para-hydroxylation sites is 1. The normalized spacial score (nSPS) is 25.9. The van der Waals surface area contributed by atoms with Crippen LogP contribution in [0.4, 0.5) is 11.5 Å². The van der Waals surface area contributed by atoms with E-state index in [0.29, 0.717) is 0 Å². The molecule has 1 aromatic carbocycles. The number of phosphoric ester groups is 2. The third kappa shape index (κ3) is 7.24. The number of hydrogen-bond donors (Lipinski definition) is 6. The number of imidazole rings is 1. The van der Waals surface area contributed by atoms with Crippen LogP contribution in [0.5, 0.6) is 0 Å². The number of benzene rings is 1. The maximum Gasteiger partial charge on any atom is 0.490 e. The van der Waals surface area contributed by atoms with Gasteiger partial charge in [0.25, 0.3) is 5.69 Å². The van der Waals surface area contributed by atoms with Gasteiger partial charge in [-0.05, 0) is 13.0 Å². The van der Waals surface area contributed by atoms with Gasteiger partial charge in [0, 0.05) is 6.07 Å². The summed E-state index contributed by atoms with van der Waals surface area (Å²) in [6, 6.07) is 4.94. The fraction of sp³-hybridized carbons (Fsp3) is 0.389. The number of anilines is 1. The summed E-state index contributed by atoms with van der Waals surface area (Å²) in [4.78, 5) is 51.7. The van der Waals surface area contributed by atoms with E-state index in [2.05, 4.69) is 32.6 Å². The Bertz CT molecular complexity index is 1620. The standard InChI is InChI=1S/C18H23N6O15P3/c1-9(10-4-2-3-5-11(10)24(27)28)37-41(31,32)39-42(33,34)38-40(29,30)35-6-12-14(25)15(26)18(36-12)23-8-22-13-16(19)20-7-21-17(13)23/h2-5,7-9,12,14-15,18,25-26H,6H2,1H3,(H,29,30)(H,31,32)(H,33,34)(H2,19,20,21)/t9-,12-,14-,15-,18-/m1/s1/i9+1. The van der Waals surface area contributed by atoms with Gasteiger partial charge in [0.2, 0.25) is 0 Å². The van der Waals surface area contributed by atoms with E-state index in [1.54, 1.807) is 0 Å². The number of nitrogens with zero attached hydrogens (tertiary/aromatic N) is 5. The average molecular weight is 657 g/mol. The van der Waals surface area contributed by atoms with Crippen molar-refractivity contribution in [1.82, 2.24) is 19.5 Å². The highest BCUT2D eigenvalue weighted by molar-refractivity contribution is 7.66. The predicted octanol–water partition coefficient (Wildman–Crippen LogP) is 1.06. The molecule has 0 amide bonds. The number of phosphoric acid groups is 3. The number of nitrogen functional groups attached to an aromatic ring is 1. The number of rotatable bonds is 12. The van der Waals surface area contributed by atoms with Crippen molar-refractivity contribution in [3.05, 3.63) is 52.6 Å². The van der Waals surface area contributed by atoms with E-state index in [9.17, 15) is 48.7 Å². The van der Waals surface area contributed by atoms with Crippen LogP contribution in [0.2, 0.25) is 0 Å². The van der Waals surface area contributed by atoms with E-state index < -0.39 is 71.3 Å². The van der Waals surface area contributed by atoms with Crippen LogP contribution in [0.1, 0.15) is 24.8 Å². The Morgan fingerprint density at radius 1 is 1.07 bits per heavy atom. The molecular weight excluding hydrogens is 634 g/mol. The largest absolute Gasteiger partial charge is 0.490 e. The molecule has 0 bridgehead atoms. The zero-order chi connectivity index (χ0) is 31.0. The van der Waals surface area contributed by atoms with Crippen molar-refractivity contribution < 1.29 is 65.9 Å². The van der Waals surface area contributed by atoms with Crippen molar-refractivity contribution in [1.29, 1.82) is 0 Å². The molecule has 24 heteroatoms. The maximum absolute atomic E-state index is 12.3. The molecule has 21 nitrogen and oxygen atoms in total. The second-order valence-electron chi connectivity index (χ2n) is 8.56. The zero-order valence-electron chi connectivity index (χ0n) is 21.0. The van der Waals surface area contributed by atoms with Crippen LogP contribution in [-0.2, 0) is 36.1 Å². The van der Waals surface area contributed by atoms with Gasteiger partial charge >= 0.3 is 23.5 Å². The molecule has 1 aliphatic rings. The van der Waals surface area contributed by atoms with Crippen molar-refractivity contribution >= 4 is 46.1 Å². The molecule has 230 valence electrons. The summed E-state index contributed by atoms with van der Waals surface area (Å²) in [7, 11) is -17.0. The molecule has 0 saturated carbocycles. The van der Waals surface area contributed by atoms with E-state index in [1.165, 1.54) is 29.1 Å². The molecule has 3 heterocycles. The molecule has 3 aromatic rings. The Balaban J connectivity index is 1.37. The van der Waals surface area contributed by atoms with Crippen LogP contribution in [0.15, 0.2) is 36.9 Å². The fourth-order valence-electron chi connectivity index (χ4n) is 3.89. The van der Waals surface area contributed by atoms with Crippen LogP contribution in [0.3, 0.4) is 0 Å². The minimum atomic E-state index is -5.89. The highest BCUT2D eigenvalue weighted by Crippen LogP contribution is 2.68. The average Bonchev–Trinajstić information content (AvgIpc) is 3.42. The van der Waals surface area contributed by atoms with Gasteiger partial charge in [0.05, 0.1) is 29.5 Å². The van der Waals surface area contributed by atoms with Crippen molar-refractivity contribution in [2.24, 2.45) is 0 Å². The Morgan fingerprint density at radius 3 is 2.43 bits per heavy atom. The quantitative estimate of drug-likeness (QED) is 0.0686. The molecule has 4 rings (SSSR count). The molecule has 0 radical (unpaired) electrons. The Hall–Kier alpha value is -2.74. The maximum atomic E-state index is 12.3. The molecule has 1 aliphatic heterocycles. The summed E-state index contributed by atoms with van der Waals surface area (Å²) in [6.45, 7) is 0.0924. The minimum Gasteiger partial charge on any atom is -0.387 e. The smallest absolute Gasteiger partial charge is 0.387 e. The van der Waals surface area contributed by atoms with Crippen molar-refractivity contribution in [2.45, 2.75) is 37.6 Å². The Kier molecular flexibility index (Phi) is 9.27. The Morgan fingerprint density at radius 2 is 1.74 bits per heavy atom. The molecule has 0 aliphatic carbocycles. The second-order valence-corrected chi connectivity index (χ2v) is 13.1. The number of ether oxygens (including phenoxy) is 1. The first kappa shape index (κ1) is 32.2. The molecule has 7 N–H and O–H groups in total. The number of nitrogens with two attached hydrogens (primary N) is 1. The summed E-state index contributed by atoms with van der Waals surface area (Å²) in [5.41, 5.74) is 5.32. The van der Waals surface area contributed by atoms with Crippen molar-refractivity contribution in [3.63, 3.8) is 0 Å². The second kappa shape index (κ2) is 12.1. The van der Waals surface area contributed by atoms with Crippen molar-refractivity contribution in [2.75, 3.05) is 12.3 Å². The molecule has 42 heavy (non-hydrogen) atoms. The number of aliphatic hydroxyl groups excluding tert-OH is 2. The molecule has 1 fully saturated rings. The number of aliphatic hydroxyl groups is 2. The van der Waals surface area contributed by atoms with E-state index in [0.717, 1.165) is 19.3 Å². The van der Waals surface area contributed by atoms with Gasteiger partial charge in [-0.15, -0.1) is 0 Å². The summed E-state index contributed by atoms with van der Waals surface area (Å²) in [6.07, 6.45) is -5.44.